The molecule has 4 rings (SSSR count). The molecule has 1 aliphatic heterocycles. The van der Waals surface area contributed by atoms with Crippen LogP contribution >= 0.6 is 23.2 Å². The summed E-state index contributed by atoms with van der Waals surface area (Å²) in [5.41, 5.74) is 0.297. The lowest BCUT2D eigenvalue weighted by atomic mass is 10.2. The molecule has 8 nitrogen and oxygen atoms in total. The summed E-state index contributed by atoms with van der Waals surface area (Å²) in [5.74, 6) is 1.04. The molecule has 1 aliphatic rings. The van der Waals surface area contributed by atoms with E-state index in [1.54, 1.807) is 23.7 Å². The van der Waals surface area contributed by atoms with Crippen molar-refractivity contribution >= 4 is 34.4 Å². The van der Waals surface area contributed by atoms with Crippen LogP contribution < -0.4 is 20.7 Å². The predicted octanol–water partition coefficient (Wildman–Crippen LogP) is 1.56. The van der Waals surface area contributed by atoms with E-state index in [0.29, 0.717) is 29.7 Å². The van der Waals surface area contributed by atoms with Crippen molar-refractivity contribution in [1.29, 1.82) is 0 Å². The Bertz CT molecular complexity index is 1160. The van der Waals surface area contributed by atoms with Gasteiger partial charge >= 0.3 is 5.69 Å². The highest BCUT2D eigenvalue weighted by molar-refractivity contribution is 6.32. The van der Waals surface area contributed by atoms with Gasteiger partial charge in [0.1, 0.15) is 13.2 Å². The SMILES string of the molecule is Cn1c(=O)c2c(nc(Cl)n2Cc2cc(Cl)c3c(c2)OCCO3)n(C)c1=O. The van der Waals surface area contributed by atoms with Crippen LogP contribution in [0.2, 0.25) is 10.3 Å². The number of hydrogen-bond donors (Lipinski definition) is 0. The summed E-state index contributed by atoms with van der Waals surface area (Å²) < 4.78 is 14.9. The summed E-state index contributed by atoms with van der Waals surface area (Å²) in [6.07, 6.45) is 0. The fourth-order valence-electron chi connectivity index (χ4n) is 3.00. The van der Waals surface area contributed by atoms with Gasteiger partial charge in [-0.15, -0.1) is 0 Å². The molecule has 3 heterocycles. The minimum Gasteiger partial charge on any atom is -0.486 e. The third-order valence-electron chi connectivity index (χ3n) is 4.30. The van der Waals surface area contributed by atoms with Gasteiger partial charge in [0.05, 0.1) is 11.6 Å². The van der Waals surface area contributed by atoms with Gasteiger partial charge in [0.2, 0.25) is 5.28 Å². The number of benzene rings is 1. The molecule has 0 spiro atoms. The second-order valence-electron chi connectivity index (χ2n) is 5.95. The monoisotopic (exact) mass is 396 g/mol. The first-order chi connectivity index (χ1) is 12.4. The van der Waals surface area contributed by atoms with Crippen molar-refractivity contribution in [3.8, 4) is 11.5 Å². The lowest BCUT2D eigenvalue weighted by Gasteiger charge is -2.20. The molecule has 3 aromatic rings. The Labute approximate surface area is 157 Å². The van der Waals surface area contributed by atoms with Gasteiger partial charge in [-0.05, 0) is 29.3 Å². The van der Waals surface area contributed by atoms with Gasteiger partial charge in [-0.1, -0.05) is 11.6 Å². The van der Waals surface area contributed by atoms with Crippen molar-refractivity contribution in [3.05, 3.63) is 48.8 Å². The molecule has 0 bridgehead atoms. The summed E-state index contributed by atoms with van der Waals surface area (Å²) >= 11 is 12.5. The molecular formula is C16H14Cl2N4O4. The van der Waals surface area contributed by atoms with Crippen LogP contribution in [-0.2, 0) is 20.6 Å². The van der Waals surface area contributed by atoms with Gasteiger partial charge in [0.15, 0.2) is 22.7 Å². The first kappa shape index (κ1) is 17.0. The molecule has 26 heavy (non-hydrogen) atoms. The zero-order valence-corrected chi connectivity index (χ0v) is 15.5. The van der Waals surface area contributed by atoms with E-state index in [1.165, 1.54) is 11.6 Å². The van der Waals surface area contributed by atoms with E-state index in [4.69, 9.17) is 32.7 Å². The Morgan fingerprint density at radius 1 is 1.12 bits per heavy atom. The van der Waals surface area contributed by atoms with Crippen LogP contribution in [-0.4, -0.2) is 31.9 Å². The van der Waals surface area contributed by atoms with E-state index < -0.39 is 11.2 Å². The Morgan fingerprint density at radius 3 is 2.62 bits per heavy atom. The summed E-state index contributed by atoms with van der Waals surface area (Å²) in [7, 11) is 2.95. The number of aryl methyl sites for hydroxylation is 1. The zero-order chi connectivity index (χ0) is 18.6. The molecular weight excluding hydrogens is 383 g/mol. The third-order valence-corrected chi connectivity index (χ3v) is 4.87. The fraction of sp³-hybridized carbons (Fsp3) is 0.312. The molecule has 0 saturated heterocycles. The topological polar surface area (TPSA) is 80.3 Å². The Balaban J connectivity index is 1.89. The van der Waals surface area contributed by atoms with Crippen molar-refractivity contribution in [1.82, 2.24) is 18.7 Å². The number of fused-ring (bicyclic) bond motifs is 2. The third kappa shape index (κ3) is 2.48. The van der Waals surface area contributed by atoms with Gasteiger partial charge < -0.3 is 14.0 Å². The van der Waals surface area contributed by atoms with Crippen molar-refractivity contribution in [2.45, 2.75) is 6.54 Å². The van der Waals surface area contributed by atoms with Gasteiger partial charge in [0, 0.05) is 14.1 Å². The van der Waals surface area contributed by atoms with Crippen molar-refractivity contribution < 1.29 is 9.47 Å². The van der Waals surface area contributed by atoms with Crippen LogP contribution in [0, 0.1) is 0 Å². The van der Waals surface area contributed by atoms with Crippen LogP contribution in [0.15, 0.2) is 21.7 Å². The standard InChI is InChI=1S/C16H14Cl2N4O4/c1-20-13-11(14(23)21(2)16(20)24)22(15(18)19-13)7-8-5-9(17)12-10(6-8)25-3-4-26-12/h5-6H,3-4,7H2,1-2H3. The lowest BCUT2D eigenvalue weighted by molar-refractivity contribution is 0.171. The maximum absolute atomic E-state index is 12.6. The number of rotatable bonds is 2. The molecule has 1 aromatic carbocycles. The van der Waals surface area contributed by atoms with Crippen LogP contribution in [0.5, 0.6) is 11.5 Å². The Hall–Kier alpha value is -2.45. The zero-order valence-electron chi connectivity index (χ0n) is 14.0. The number of imidazole rings is 1. The molecule has 0 unspecified atom stereocenters. The first-order valence-electron chi connectivity index (χ1n) is 7.78. The highest BCUT2D eigenvalue weighted by atomic mass is 35.5. The molecule has 0 aliphatic carbocycles. The smallest absolute Gasteiger partial charge is 0.332 e. The van der Waals surface area contributed by atoms with Crippen LogP contribution in [0.4, 0.5) is 0 Å². The fourth-order valence-corrected chi connectivity index (χ4v) is 3.51. The van der Waals surface area contributed by atoms with E-state index >= 15 is 0 Å². The molecule has 10 heteroatoms. The summed E-state index contributed by atoms with van der Waals surface area (Å²) in [4.78, 5) is 28.8. The molecule has 0 radical (unpaired) electrons. The Morgan fingerprint density at radius 2 is 1.85 bits per heavy atom. The highest BCUT2D eigenvalue weighted by Crippen LogP contribution is 2.38. The second-order valence-corrected chi connectivity index (χ2v) is 6.69. The molecule has 0 saturated carbocycles. The normalized spacial score (nSPS) is 13.4. The van der Waals surface area contributed by atoms with Gasteiger partial charge in [0.25, 0.3) is 5.56 Å². The molecule has 0 N–H and O–H groups in total. The quantitative estimate of drug-likeness (QED) is 0.614. The van der Waals surface area contributed by atoms with Gasteiger partial charge in [-0.25, -0.2) is 4.79 Å². The summed E-state index contributed by atoms with van der Waals surface area (Å²) in [6.45, 7) is 1.11. The predicted molar refractivity (Wildman–Crippen MR) is 96.8 cm³/mol. The maximum atomic E-state index is 12.6. The van der Waals surface area contributed by atoms with E-state index in [0.717, 1.165) is 10.1 Å². The minimum absolute atomic E-state index is 0.101. The number of hydrogen-bond acceptors (Lipinski definition) is 5. The lowest BCUT2D eigenvalue weighted by Crippen LogP contribution is -2.37. The molecule has 0 atom stereocenters. The Kier molecular flexibility index (Phi) is 3.96. The summed E-state index contributed by atoms with van der Waals surface area (Å²) in [5, 5.41) is 0.516. The first-order valence-corrected chi connectivity index (χ1v) is 8.54. The minimum atomic E-state index is -0.467. The number of halogens is 2. The van der Waals surface area contributed by atoms with E-state index in [2.05, 4.69) is 4.98 Å². The maximum Gasteiger partial charge on any atom is 0.332 e. The van der Waals surface area contributed by atoms with E-state index in [1.807, 2.05) is 0 Å². The highest BCUT2D eigenvalue weighted by Gasteiger charge is 2.21. The van der Waals surface area contributed by atoms with Gasteiger partial charge in [-0.3, -0.25) is 13.9 Å². The summed E-state index contributed by atoms with van der Waals surface area (Å²) in [6, 6.07) is 3.51. The van der Waals surface area contributed by atoms with Gasteiger partial charge in [-0.2, -0.15) is 4.98 Å². The van der Waals surface area contributed by atoms with Crippen molar-refractivity contribution in [3.63, 3.8) is 0 Å². The molecule has 0 fully saturated rings. The van der Waals surface area contributed by atoms with Crippen LogP contribution in [0.25, 0.3) is 11.2 Å². The van der Waals surface area contributed by atoms with E-state index in [9.17, 15) is 9.59 Å². The van der Waals surface area contributed by atoms with Crippen LogP contribution in [0.3, 0.4) is 0 Å². The average Bonchev–Trinajstić information content (AvgIpc) is 2.95. The number of ether oxygens (including phenoxy) is 2. The number of aromatic nitrogens is 4. The molecule has 136 valence electrons. The average molecular weight is 397 g/mol. The van der Waals surface area contributed by atoms with Crippen molar-refractivity contribution in [2.75, 3.05) is 13.2 Å². The largest absolute Gasteiger partial charge is 0.486 e. The van der Waals surface area contributed by atoms with Crippen LogP contribution in [0.1, 0.15) is 5.56 Å². The van der Waals surface area contributed by atoms with E-state index in [-0.39, 0.29) is 23.0 Å². The molecule has 2 aromatic heterocycles. The van der Waals surface area contributed by atoms with Crippen molar-refractivity contribution in [2.24, 2.45) is 14.1 Å². The second kappa shape index (κ2) is 6.07. The number of nitrogens with zero attached hydrogens (tertiary/aromatic N) is 4. The molecule has 0 amide bonds.